The Balaban J connectivity index is 0.816. The first-order valence-electron chi connectivity index (χ1n) is 28.7. The number of carbonyl (C=O) groups is 5. The minimum Gasteiger partial charge on any atom is -0.491 e. The van der Waals surface area contributed by atoms with Gasteiger partial charge in [-0.25, -0.2) is 9.37 Å². The number of nitriles is 1. The van der Waals surface area contributed by atoms with E-state index in [9.17, 15) is 33.6 Å². The number of aromatic nitrogens is 3. The van der Waals surface area contributed by atoms with Crippen molar-refractivity contribution in [1.29, 1.82) is 5.26 Å². The number of allylic oxidation sites excluding steroid dienone is 2. The Morgan fingerprint density at radius 2 is 1.76 bits per heavy atom. The van der Waals surface area contributed by atoms with Crippen molar-refractivity contribution in [3.63, 3.8) is 0 Å². The van der Waals surface area contributed by atoms with Crippen molar-refractivity contribution in [3.8, 4) is 22.9 Å². The molecule has 3 aliphatic heterocycles. The summed E-state index contributed by atoms with van der Waals surface area (Å²) in [6.45, 7) is 13.8. The predicted octanol–water partition coefficient (Wildman–Crippen LogP) is 5.90. The lowest BCUT2D eigenvalue weighted by atomic mass is 9.83. The van der Waals surface area contributed by atoms with Crippen LogP contribution in [0.25, 0.3) is 11.1 Å². The Kier molecular flexibility index (Phi) is 20.6. The molecule has 0 radical (unpaired) electrons. The first-order valence-corrected chi connectivity index (χ1v) is 28.7. The second kappa shape index (κ2) is 27.9. The summed E-state index contributed by atoms with van der Waals surface area (Å²) >= 11 is 0. The Labute approximate surface area is 485 Å². The molecule has 0 saturated carbocycles. The molecule has 1 fully saturated rings. The fourth-order valence-electron chi connectivity index (χ4n) is 11.1. The molecule has 20 nitrogen and oxygen atoms in total. The molecule has 4 aromatic rings. The van der Waals surface area contributed by atoms with E-state index in [1.807, 2.05) is 57.2 Å². The molecular weight excluding hydrogens is 1060 g/mol. The number of pyridine rings is 1. The molecule has 5 heterocycles. The van der Waals surface area contributed by atoms with Crippen LogP contribution in [0.5, 0.6) is 5.75 Å². The Hall–Kier alpha value is -7.93. The minimum atomic E-state index is -0.909. The molecule has 21 heteroatoms. The molecule has 2 aromatic heterocycles. The summed E-state index contributed by atoms with van der Waals surface area (Å²) in [4.78, 5) is 78.1. The van der Waals surface area contributed by atoms with E-state index < -0.39 is 29.4 Å². The monoisotopic (exact) mass is 1140 g/mol. The highest BCUT2D eigenvalue weighted by atomic mass is 19.1. The molecule has 1 saturated heterocycles. The smallest absolute Gasteiger partial charge is 0.246 e. The van der Waals surface area contributed by atoms with Crippen LogP contribution in [0.4, 0.5) is 15.9 Å². The van der Waals surface area contributed by atoms with Gasteiger partial charge in [-0.2, -0.15) is 10.4 Å². The number of nitrogens with one attached hydrogen (secondary N) is 4. The first-order chi connectivity index (χ1) is 39.8. The van der Waals surface area contributed by atoms with Crippen LogP contribution in [-0.4, -0.2) is 138 Å². The summed E-state index contributed by atoms with van der Waals surface area (Å²) in [5.41, 5.74) is 12.8. The van der Waals surface area contributed by atoms with Gasteiger partial charge < -0.3 is 55.9 Å². The van der Waals surface area contributed by atoms with Crippen LogP contribution in [0.2, 0.25) is 0 Å². The average molecular weight is 1140 g/mol. The Morgan fingerprint density at radius 1 is 0.988 bits per heavy atom. The van der Waals surface area contributed by atoms with E-state index in [4.69, 9.17) is 25.0 Å². The van der Waals surface area contributed by atoms with Gasteiger partial charge in [0.05, 0.1) is 69.0 Å². The van der Waals surface area contributed by atoms with E-state index >= 15 is 0 Å². The van der Waals surface area contributed by atoms with Crippen molar-refractivity contribution in [2.45, 2.75) is 129 Å². The summed E-state index contributed by atoms with van der Waals surface area (Å²) in [5.74, 6) is -1.10. The number of nitrogen functional groups attached to an aromatic ring is 1. The number of benzene rings is 2. The number of fused-ring (bicyclic) bond motifs is 8. The fraction of sp³-hybridized carbons (Fsp3) is 0.484. The molecule has 1 aliphatic carbocycles. The van der Waals surface area contributed by atoms with E-state index in [0.717, 1.165) is 48.8 Å². The van der Waals surface area contributed by atoms with Gasteiger partial charge >= 0.3 is 0 Å². The number of amides is 5. The largest absolute Gasteiger partial charge is 0.491 e. The molecular formula is C62H79FN12O8. The second-order valence-corrected chi connectivity index (χ2v) is 22.7. The molecule has 2 aromatic carbocycles. The minimum absolute atomic E-state index is 0.0462. The van der Waals surface area contributed by atoms with Crippen molar-refractivity contribution in [2.75, 3.05) is 70.9 Å². The van der Waals surface area contributed by atoms with Gasteiger partial charge in [-0.05, 0) is 110 Å². The maximum Gasteiger partial charge on any atom is 0.246 e. The van der Waals surface area contributed by atoms with E-state index in [2.05, 4.69) is 55.9 Å². The summed E-state index contributed by atoms with van der Waals surface area (Å²) in [5, 5.41) is 27.4. The van der Waals surface area contributed by atoms with Crippen LogP contribution in [0, 0.1) is 16.7 Å². The van der Waals surface area contributed by atoms with E-state index in [1.165, 1.54) is 33.4 Å². The van der Waals surface area contributed by atoms with Gasteiger partial charge in [0.25, 0.3) is 0 Å². The zero-order valence-electron chi connectivity index (χ0n) is 48.6. The number of carbonyl (C=O) groups excluding carboxylic acids is 5. The fourth-order valence-corrected chi connectivity index (χ4v) is 11.1. The average Bonchev–Trinajstić information content (AvgIpc) is 4.24. The topological polar surface area (TPSA) is 251 Å². The van der Waals surface area contributed by atoms with E-state index in [-0.39, 0.29) is 132 Å². The third-order valence-electron chi connectivity index (χ3n) is 15.8. The van der Waals surface area contributed by atoms with E-state index in [1.54, 1.807) is 32.1 Å². The summed E-state index contributed by atoms with van der Waals surface area (Å²) in [6, 6.07) is 15.3. The molecule has 83 heavy (non-hydrogen) atoms. The van der Waals surface area contributed by atoms with Crippen molar-refractivity contribution in [1.82, 2.24) is 45.8 Å². The second-order valence-electron chi connectivity index (χ2n) is 22.7. The summed E-state index contributed by atoms with van der Waals surface area (Å²) < 4.78 is 34.0. The van der Waals surface area contributed by atoms with Crippen molar-refractivity contribution in [3.05, 3.63) is 125 Å². The maximum atomic E-state index is 15.0. The lowest BCUT2D eigenvalue weighted by molar-refractivity contribution is -0.147. The highest BCUT2D eigenvalue weighted by Crippen LogP contribution is 2.38. The molecule has 2 bridgehead atoms. The number of aryl methyl sites for hydroxylation is 1. The molecule has 5 amide bonds. The number of halogens is 1. The van der Waals surface area contributed by atoms with Crippen molar-refractivity contribution >= 4 is 41.0 Å². The molecule has 442 valence electrons. The molecule has 4 aliphatic rings. The van der Waals surface area contributed by atoms with Crippen LogP contribution >= 0.6 is 0 Å². The van der Waals surface area contributed by atoms with Crippen LogP contribution in [0.3, 0.4) is 0 Å². The summed E-state index contributed by atoms with van der Waals surface area (Å²) in [6.07, 6.45) is 10.2. The number of ether oxygens (including phenoxy) is 3. The van der Waals surface area contributed by atoms with Gasteiger partial charge in [-0.15, -0.1) is 0 Å². The lowest BCUT2D eigenvalue weighted by Crippen LogP contribution is -2.62. The van der Waals surface area contributed by atoms with Gasteiger partial charge in [0.2, 0.25) is 29.5 Å². The van der Waals surface area contributed by atoms with Crippen LogP contribution in [-0.2, 0) is 65.9 Å². The number of likely N-dealkylation sites (N-methyl/N-ethyl adjacent to an activating group) is 1. The number of nitrogens with zero attached hydrogens (tertiary/aromatic N) is 7. The number of rotatable bonds is 19. The standard InChI is InChI=1S/C62H79FN12O8/c1-39-31-45(63)15-11-19-55(77)72(7)38-49-56(43-34-51(58(65)68-36-43)73-24-12-18-50(39)73)53(35-64)75(71-49)25-23-67-54(76)22-26-81-27-28-82-29-30-83-46-21-20-42-33-52(60(79)69-48-17-10-14-41-13-8-9-16-47(41)48)74(37-44(42)32-46)61(80)57(62(3,4)5)70-59(78)40(2)66-6/h8-9,11,13,15-16,20-21,31-32,34,36,40,48,50,52,57,66H,1,10,12,14,17-19,22-30,33,37-38H2,2-7H3,(H2,65,68)(H,67,76)(H,69,79)(H,70,78)/b15-11-,45-31+/t40-,48+,50+,52-,57+/m0/s1. The predicted molar refractivity (Wildman–Crippen MR) is 313 cm³/mol. The normalized spacial score (nSPS) is 19.9. The molecule has 0 unspecified atom stereocenters. The lowest BCUT2D eigenvalue weighted by Gasteiger charge is -2.41. The molecule has 5 atom stereocenters. The van der Waals surface area contributed by atoms with Gasteiger partial charge in [0, 0.05) is 63.3 Å². The van der Waals surface area contributed by atoms with Crippen molar-refractivity contribution < 1.29 is 42.6 Å². The van der Waals surface area contributed by atoms with Gasteiger partial charge in [0.15, 0.2) is 0 Å². The van der Waals surface area contributed by atoms with Crippen LogP contribution in [0.1, 0.15) is 106 Å². The molecule has 0 spiro atoms. The number of anilines is 2. The Bertz CT molecular complexity index is 3140. The zero-order valence-corrected chi connectivity index (χ0v) is 48.6. The third kappa shape index (κ3) is 15.2. The Morgan fingerprint density at radius 3 is 2.53 bits per heavy atom. The van der Waals surface area contributed by atoms with Gasteiger partial charge in [-0.3, -0.25) is 28.7 Å². The van der Waals surface area contributed by atoms with Gasteiger partial charge in [-0.1, -0.05) is 63.8 Å². The quantitative estimate of drug-likeness (QED) is 0.0686. The van der Waals surface area contributed by atoms with E-state index in [0.29, 0.717) is 40.4 Å². The first kappa shape index (κ1) is 61.1. The van der Waals surface area contributed by atoms with Crippen LogP contribution < -0.4 is 36.6 Å². The highest BCUT2D eigenvalue weighted by molar-refractivity contribution is 5.94. The molecule has 6 N–H and O–H groups in total. The number of nitrogens with two attached hydrogens (primary N) is 1. The van der Waals surface area contributed by atoms with Crippen LogP contribution in [0.15, 0.2) is 90.9 Å². The summed E-state index contributed by atoms with van der Waals surface area (Å²) in [7, 11) is 3.30. The maximum absolute atomic E-state index is 15.0. The van der Waals surface area contributed by atoms with Gasteiger partial charge in [0.1, 0.15) is 47.8 Å². The molecule has 8 rings (SSSR count). The third-order valence-corrected chi connectivity index (χ3v) is 15.8. The van der Waals surface area contributed by atoms with Crippen molar-refractivity contribution in [2.24, 2.45) is 5.41 Å². The highest BCUT2D eigenvalue weighted by Gasteiger charge is 2.43. The zero-order chi connectivity index (χ0) is 59.4. The number of hydrogen-bond acceptors (Lipinski definition) is 14. The number of hydrogen-bond donors (Lipinski definition) is 5. The SMILES string of the molecule is C=C1/C=C(F)\C=C/CC(=O)N(C)Cc2nn(CCNC(=O)CCOCCOCCOc3ccc4c(c3)CN(C(=O)[C@@H](NC(=O)[C@H](C)NC)C(C)(C)C)[C@H](C(=O)N[C@@H]3CCCc5ccccc53)C4)c(C#N)c2-c2cnc(N)c(c2)N2CCC[C@H]12.